The van der Waals surface area contributed by atoms with Crippen molar-refractivity contribution in [3.8, 4) is 0 Å². The summed E-state index contributed by atoms with van der Waals surface area (Å²) >= 11 is 0. The van der Waals surface area contributed by atoms with Crippen molar-refractivity contribution < 1.29 is 4.79 Å². The van der Waals surface area contributed by atoms with Crippen LogP contribution in [-0.2, 0) is 11.2 Å². The van der Waals surface area contributed by atoms with E-state index in [4.69, 9.17) is 0 Å². The number of benzene rings is 2. The molecule has 1 aliphatic heterocycles. The molecule has 0 spiro atoms. The van der Waals surface area contributed by atoms with Crippen LogP contribution in [0.2, 0.25) is 0 Å². The van der Waals surface area contributed by atoms with E-state index < -0.39 is 0 Å². The molecule has 6 nitrogen and oxygen atoms in total. The van der Waals surface area contributed by atoms with Crippen molar-refractivity contribution in [2.24, 2.45) is 4.99 Å². The van der Waals surface area contributed by atoms with Crippen molar-refractivity contribution in [2.75, 3.05) is 36.9 Å². The Kier molecular flexibility index (Phi) is 9.24. The Bertz CT molecular complexity index is 812. The average Bonchev–Trinajstić information content (AvgIpc) is 3.20. The minimum absolute atomic E-state index is 0. The zero-order valence-corrected chi connectivity index (χ0v) is 19.4. The number of hydrogen-bond donors (Lipinski definition) is 3. The monoisotopic (exact) mass is 507 g/mol. The zero-order chi connectivity index (χ0) is 19.8. The number of aryl methyl sites for hydroxylation is 1. The fourth-order valence-corrected chi connectivity index (χ4v) is 3.38. The lowest BCUT2D eigenvalue weighted by molar-refractivity contribution is -0.115. The SMILES string of the molecule is CCc1cccc(NC(=O)CNC(=NC)NC2CCN(c3ccccc3)C2)c1.I. The van der Waals surface area contributed by atoms with E-state index in [2.05, 4.69) is 63.1 Å². The molecule has 2 aromatic carbocycles. The lowest BCUT2D eigenvalue weighted by atomic mass is 10.1. The molecule has 1 amide bonds. The molecule has 1 aliphatic rings. The van der Waals surface area contributed by atoms with Crippen molar-refractivity contribution in [2.45, 2.75) is 25.8 Å². The summed E-state index contributed by atoms with van der Waals surface area (Å²) in [4.78, 5) is 18.9. The Hall–Kier alpha value is -2.29. The van der Waals surface area contributed by atoms with Crippen LogP contribution in [0.15, 0.2) is 59.6 Å². The standard InChI is InChI=1S/C22H29N5O.HI/c1-3-17-8-7-9-18(14-17)25-21(28)15-24-22(23-2)26-19-12-13-27(16-19)20-10-5-4-6-11-20;/h4-11,14,19H,3,12-13,15-16H2,1-2H3,(H,25,28)(H2,23,24,26);1H. The summed E-state index contributed by atoms with van der Waals surface area (Å²) in [7, 11) is 1.72. The van der Waals surface area contributed by atoms with Crippen molar-refractivity contribution in [3.63, 3.8) is 0 Å². The summed E-state index contributed by atoms with van der Waals surface area (Å²) in [6.45, 7) is 4.19. The number of nitrogens with one attached hydrogen (secondary N) is 3. The van der Waals surface area contributed by atoms with E-state index in [-0.39, 0.29) is 36.4 Å². The van der Waals surface area contributed by atoms with E-state index in [1.54, 1.807) is 7.05 Å². The second kappa shape index (κ2) is 11.6. The molecule has 0 saturated carbocycles. The normalized spacial score (nSPS) is 16.1. The number of amides is 1. The third-order valence-corrected chi connectivity index (χ3v) is 4.91. The summed E-state index contributed by atoms with van der Waals surface area (Å²) in [6, 6.07) is 18.6. The number of para-hydroxylation sites is 1. The van der Waals surface area contributed by atoms with Crippen LogP contribution in [0.25, 0.3) is 0 Å². The molecule has 1 unspecified atom stereocenters. The van der Waals surface area contributed by atoms with E-state index in [1.807, 2.05) is 24.3 Å². The highest BCUT2D eigenvalue weighted by Crippen LogP contribution is 2.19. The first-order chi connectivity index (χ1) is 13.7. The second-order valence-corrected chi connectivity index (χ2v) is 6.94. The van der Waals surface area contributed by atoms with Crippen LogP contribution >= 0.6 is 24.0 Å². The maximum Gasteiger partial charge on any atom is 0.243 e. The maximum absolute atomic E-state index is 12.2. The van der Waals surface area contributed by atoms with Gasteiger partial charge in [0.25, 0.3) is 0 Å². The van der Waals surface area contributed by atoms with Crippen molar-refractivity contribution in [3.05, 3.63) is 60.2 Å². The minimum atomic E-state index is -0.0893. The van der Waals surface area contributed by atoms with Crippen LogP contribution in [-0.4, -0.2) is 44.6 Å². The topological polar surface area (TPSA) is 68.8 Å². The molecular formula is C22H30IN5O. The van der Waals surface area contributed by atoms with Gasteiger partial charge in [0.2, 0.25) is 5.91 Å². The number of rotatable bonds is 6. The molecule has 1 heterocycles. The molecule has 1 atom stereocenters. The summed E-state index contributed by atoms with van der Waals surface area (Å²) in [6.07, 6.45) is 1.98. The highest BCUT2D eigenvalue weighted by atomic mass is 127. The van der Waals surface area contributed by atoms with Gasteiger partial charge in [-0.05, 0) is 42.7 Å². The number of aliphatic imine (C=N–C) groups is 1. The first kappa shape index (κ1) is 23.0. The Labute approximate surface area is 190 Å². The Balaban J connectivity index is 0.00000300. The highest BCUT2D eigenvalue weighted by Gasteiger charge is 2.23. The molecule has 3 N–H and O–H groups in total. The third-order valence-electron chi connectivity index (χ3n) is 4.91. The number of carbonyl (C=O) groups excluding carboxylic acids is 1. The number of hydrogen-bond acceptors (Lipinski definition) is 3. The van der Waals surface area contributed by atoms with Crippen LogP contribution in [0.1, 0.15) is 18.9 Å². The molecule has 2 aromatic rings. The van der Waals surface area contributed by atoms with Crippen molar-refractivity contribution in [1.82, 2.24) is 10.6 Å². The van der Waals surface area contributed by atoms with Crippen LogP contribution in [0.4, 0.5) is 11.4 Å². The summed E-state index contributed by atoms with van der Waals surface area (Å²) in [5, 5.41) is 9.45. The van der Waals surface area contributed by atoms with Crippen LogP contribution in [0, 0.1) is 0 Å². The van der Waals surface area contributed by atoms with Gasteiger partial charge in [-0.2, -0.15) is 0 Å². The number of nitrogens with zero attached hydrogens (tertiary/aromatic N) is 2. The van der Waals surface area contributed by atoms with Gasteiger partial charge in [-0.3, -0.25) is 9.79 Å². The molecule has 0 radical (unpaired) electrons. The Morgan fingerprint density at radius 1 is 1.17 bits per heavy atom. The molecule has 1 fully saturated rings. The van der Waals surface area contributed by atoms with E-state index in [9.17, 15) is 4.79 Å². The summed E-state index contributed by atoms with van der Waals surface area (Å²) in [5.74, 6) is 0.561. The van der Waals surface area contributed by atoms with Crippen LogP contribution < -0.4 is 20.9 Å². The number of guanidine groups is 1. The molecule has 0 aromatic heterocycles. The van der Waals surface area contributed by atoms with E-state index in [0.29, 0.717) is 12.0 Å². The molecular weight excluding hydrogens is 477 g/mol. The van der Waals surface area contributed by atoms with Gasteiger partial charge in [-0.25, -0.2) is 0 Å². The Morgan fingerprint density at radius 2 is 1.97 bits per heavy atom. The van der Waals surface area contributed by atoms with E-state index >= 15 is 0 Å². The first-order valence-electron chi connectivity index (χ1n) is 9.84. The Morgan fingerprint density at radius 3 is 2.69 bits per heavy atom. The molecule has 3 rings (SSSR count). The zero-order valence-electron chi connectivity index (χ0n) is 17.0. The van der Waals surface area contributed by atoms with Gasteiger partial charge >= 0.3 is 0 Å². The minimum Gasteiger partial charge on any atom is -0.369 e. The fourth-order valence-electron chi connectivity index (χ4n) is 3.38. The second-order valence-electron chi connectivity index (χ2n) is 6.94. The molecule has 29 heavy (non-hydrogen) atoms. The third kappa shape index (κ3) is 6.92. The molecule has 1 saturated heterocycles. The number of halogens is 1. The van der Waals surface area contributed by atoms with E-state index in [0.717, 1.165) is 31.6 Å². The molecule has 156 valence electrons. The number of carbonyl (C=O) groups is 1. The smallest absolute Gasteiger partial charge is 0.243 e. The van der Waals surface area contributed by atoms with Gasteiger partial charge < -0.3 is 20.9 Å². The average molecular weight is 507 g/mol. The van der Waals surface area contributed by atoms with Crippen molar-refractivity contribution >= 4 is 47.2 Å². The first-order valence-corrected chi connectivity index (χ1v) is 9.84. The quantitative estimate of drug-likeness (QED) is 0.319. The van der Waals surface area contributed by atoms with Gasteiger partial charge in [-0.1, -0.05) is 37.3 Å². The lowest BCUT2D eigenvalue weighted by Crippen LogP contribution is -2.46. The predicted molar refractivity (Wildman–Crippen MR) is 131 cm³/mol. The van der Waals surface area contributed by atoms with Gasteiger partial charge in [0.05, 0.1) is 6.54 Å². The van der Waals surface area contributed by atoms with Gasteiger partial charge in [0.1, 0.15) is 0 Å². The van der Waals surface area contributed by atoms with E-state index in [1.165, 1.54) is 11.3 Å². The number of anilines is 2. The lowest BCUT2D eigenvalue weighted by Gasteiger charge is -2.20. The van der Waals surface area contributed by atoms with Crippen molar-refractivity contribution in [1.29, 1.82) is 0 Å². The van der Waals surface area contributed by atoms with Crippen LogP contribution in [0.3, 0.4) is 0 Å². The maximum atomic E-state index is 12.2. The summed E-state index contributed by atoms with van der Waals surface area (Å²) in [5.41, 5.74) is 3.26. The fraction of sp³-hybridized carbons (Fsp3) is 0.364. The highest BCUT2D eigenvalue weighted by molar-refractivity contribution is 14.0. The predicted octanol–water partition coefficient (Wildman–Crippen LogP) is 3.25. The van der Waals surface area contributed by atoms with Gasteiger partial charge in [0.15, 0.2) is 5.96 Å². The largest absolute Gasteiger partial charge is 0.369 e. The molecule has 0 aliphatic carbocycles. The molecule has 0 bridgehead atoms. The molecule has 7 heteroatoms. The van der Waals surface area contributed by atoms with Gasteiger partial charge in [-0.15, -0.1) is 24.0 Å². The van der Waals surface area contributed by atoms with Crippen LogP contribution in [0.5, 0.6) is 0 Å². The van der Waals surface area contributed by atoms with Gasteiger partial charge in [0, 0.05) is 37.6 Å². The summed E-state index contributed by atoms with van der Waals surface area (Å²) < 4.78 is 0.